The fraction of sp³-hybridized carbons (Fsp3) is 0.0625. The van der Waals surface area contributed by atoms with Gasteiger partial charge in [0.15, 0.2) is 0 Å². The number of aromatic hydroxyl groups is 1. The minimum absolute atomic E-state index is 0.0752. The molecule has 0 fully saturated rings. The number of anilines is 2. The fourth-order valence-electron chi connectivity index (χ4n) is 1.92. The maximum Gasteiger partial charge on any atom is 0.337 e. The van der Waals surface area contributed by atoms with E-state index in [1.165, 1.54) is 31.2 Å². The summed E-state index contributed by atoms with van der Waals surface area (Å²) in [4.78, 5) is 34.2. The number of carboxylic acids is 1. The third-order valence-electron chi connectivity index (χ3n) is 2.95. The molecule has 0 atom stereocenters. The van der Waals surface area contributed by atoms with Crippen molar-refractivity contribution in [3.05, 3.63) is 53.6 Å². The number of phenolic OH excluding ortho intramolecular Hbond substituents is 1. The maximum absolute atomic E-state index is 12.2. The standard InChI is InChI=1S/C16H14N2O5/c1-9(19)17-11-4-2-10(3-5-11)15(21)18-14-7-6-12(20)8-13(14)16(22)23/h2-8,20H,1H3,(H,17,19)(H,18,21)(H,22,23). The Labute approximate surface area is 131 Å². The van der Waals surface area contributed by atoms with Crippen LogP contribution in [-0.4, -0.2) is 28.0 Å². The lowest BCUT2D eigenvalue weighted by atomic mass is 10.1. The predicted octanol–water partition coefficient (Wildman–Crippen LogP) is 2.30. The molecule has 0 aliphatic rings. The van der Waals surface area contributed by atoms with Crippen molar-refractivity contribution in [3.63, 3.8) is 0 Å². The van der Waals surface area contributed by atoms with Gasteiger partial charge in [-0.2, -0.15) is 0 Å². The van der Waals surface area contributed by atoms with Gasteiger partial charge in [0.1, 0.15) is 5.75 Å². The Bertz CT molecular complexity index is 769. The highest BCUT2D eigenvalue weighted by Crippen LogP contribution is 2.22. The zero-order valence-corrected chi connectivity index (χ0v) is 12.2. The summed E-state index contributed by atoms with van der Waals surface area (Å²) < 4.78 is 0. The molecule has 0 saturated heterocycles. The Morgan fingerprint density at radius 1 is 0.957 bits per heavy atom. The third-order valence-corrected chi connectivity index (χ3v) is 2.95. The summed E-state index contributed by atoms with van der Waals surface area (Å²) in [7, 11) is 0. The van der Waals surface area contributed by atoms with Crippen LogP contribution >= 0.6 is 0 Å². The molecule has 23 heavy (non-hydrogen) atoms. The Morgan fingerprint density at radius 3 is 2.17 bits per heavy atom. The largest absolute Gasteiger partial charge is 0.508 e. The molecule has 0 aromatic heterocycles. The number of benzene rings is 2. The molecule has 0 radical (unpaired) electrons. The maximum atomic E-state index is 12.2. The number of amides is 2. The van der Waals surface area contributed by atoms with E-state index in [1.54, 1.807) is 12.1 Å². The van der Waals surface area contributed by atoms with Gasteiger partial charge in [-0.15, -0.1) is 0 Å². The number of hydrogen-bond acceptors (Lipinski definition) is 4. The molecule has 0 saturated carbocycles. The van der Waals surface area contributed by atoms with Crippen molar-refractivity contribution in [2.45, 2.75) is 6.92 Å². The molecule has 0 heterocycles. The van der Waals surface area contributed by atoms with Crippen LogP contribution in [0.15, 0.2) is 42.5 Å². The highest BCUT2D eigenvalue weighted by atomic mass is 16.4. The lowest BCUT2D eigenvalue weighted by molar-refractivity contribution is -0.114. The third kappa shape index (κ3) is 4.07. The molecule has 2 aromatic carbocycles. The summed E-state index contributed by atoms with van der Waals surface area (Å²) in [5.74, 6) is -2.21. The Balaban J connectivity index is 2.19. The Morgan fingerprint density at radius 2 is 1.61 bits per heavy atom. The lowest BCUT2D eigenvalue weighted by Crippen LogP contribution is -2.15. The Kier molecular flexibility index (Phi) is 4.61. The normalized spacial score (nSPS) is 9.96. The first-order chi connectivity index (χ1) is 10.9. The number of aromatic carboxylic acids is 1. The Hall–Kier alpha value is -3.35. The van der Waals surface area contributed by atoms with Gasteiger partial charge < -0.3 is 20.8 Å². The second-order valence-corrected chi connectivity index (χ2v) is 4.75. The monoisotopic (exact) mass is 314 g/mol. The topological polar surface area (TPSA) is 116 Å². The van der Waals surface area contributed by atoms with Gasteiger partial charge in [0.2, 0.25) is 5.91 Å². The smallest absolute Gasteiger partial charge is 0.337 e. The second-order valence-electron chi connectivity index (χ2n) is 4.75. The van der Waals surface area contributed by atoms with Gasteiger partial charge in [0.05, 0.1) is 11.3 Å². The predicted molar refractivity (Wildman–Crippen MR) is 83.8 cm³/mol. The van der Waals surface area contributed by atoms with Gasteiger partial charge in [-0.1, -0.05) is 0 Å². The summed E-state index contributed by atoms with van der Waals surface area (Å²) in [5.41, 5.74) is 0.702. The van der Waals surface area contributed by atoms with Crippen molar-refractivity contribution in [1.82, 2.24) is 0 Å². The van der Waals surface area contributed by atoms with E-state index in [9.17, 15) is 19.5 Å². The fourth-order valence-corrected chi connectivity index (χ4v) is 1.92. The molecule has 2 aromatic rings. The van der Waals surface area contributed by atoms with Crippen LogP contribution in [0.25, 0.3) is 0 Å². The SMILES string of the molecule is CC(=O)Nc1ccc(C(=O)Nc2ccc(O)cc2C(=O)O)cc1. The van der Waals surface area contributed by atoms with E-state index in [4.69, 9.17) is 5.11 Å². The van der Waals surface area contributed by atoms with E-state index < -0.39 is 11.9 Å². The molecule has 2 rings (SSSR count). The number of rotatable bonds is 4. The molecule has 0 aliphatic heterocycles. The van der Waals surface area contributed by atoms with E-state index in [2.05, 4.69) is 10.6 Å². The molecule has 118 valence electrons. The molecule has 2 amide bonds. The van der Waals surface area contributed by atoms with Crippen LogP contribution in [0.5, 0.6) is 5.75 Å². The molecule has 0 bridgehead atoms. The van der Waals surface area contributed by atoms with Gasteiger partial charge in [-0.3, -0.25) is 9.59 Å². The molecule has 7 heteroatoms. The van der Waals surface area contributed by atoms with Crippen molar-refractivity contribution in [3.8, 4) is 5.75 Å². The average molecular weight is 314 g/mol. The first kappa shape index (κ1) is 16.0. The minimum atomic E-state index is -1.27. The van der Waals surface area contributed by atoms with Crippen molar-refractivity contribution in [1.29, 1.82) is 0 Å². The van der Waals surface area contributed by atoms with Crippen molar-refractivity contribution in [2.75, 3.05) is 10.6 Å². The van der Waals surface area contributed by atoms with E-state index >= 15 is 0 Å². The average Bonchev–Trinajstić information content (AvgIpc) is 2.49. The van der Waals surface area contributed by atoms with E-state index in [0.717, 1.165) is 6.07 Å². The first-order valence-corrected chi connectivity index (χ1v) is 6.62. The second kappa shape index (κ2) is 6.61. The summed E-state index contributed by atoms with van der Waals surface area (Å²) in [6, 6.07) is 9.77. The van der Waals surface area contributed by atoms with Gasteiger partial charge in [-0.25, -0.2) is 4.79 Å². The molecule has 0 unspecified atom stereocenters. The molecule has 0 spiro atoms. The quantitative estimate of drug-likeness (QED) is 0.646. The molecular formula is C16H14N2O5. The number of phenols is 1. The van der Waals surface area contributed by atoms with Crippen LogP contribution in [0.4, 0.5) is 11.4 Å². The van der Waals surface area contributed by atoms with E-state index in [-0.39, 0.29) is 22.9 Å². The number of carbonyl (C=O) groups is 3. The number of hydrogen-bond donors (Lipinski definition) is 4. The van der Waals surface area contributed by atoms with Gasteiger partial charge >= 0.3 is 5.97 Å². The van der Waals surface area contributed by atoms with Crippen LogP contribution in [0.3, 0.4) is 0 Å². The summed E-state index contributed by atoms with van der Waals surface area (Å²) in [5, 5.41) is 23.5. The van der Waals surface area contributed by atoms with Crippen LogP contribution in [0, 0.1) is 0 Å². The molecule has 0 aliphatic carbocycles. The van der Waals surface area contributed by atoms with E-state index in [1.807, 2.05) is 0 Å². The van der Waals surface area contributed by atoms with Gasteiger partial charge in [-0.05, 0) is 42.5 Å². The van der Waals surface area contributed by atoms with Gasteiger partial charge in [0.25, 0.3) is 5.91 Å². The number of nitrogens with one attached hydrogen (secondary N) is 2. The number of carbonyl (C=O) groups excluding carboxylic acids is 2. The zero-order valence-electron chi connectivity index (χ0n) is 12.2. The highest BCUT2D eigenvalue weighted by Gasteiger charge is 2.14. The van der Waals surface area contributed by atoms with Crippen LogP contribution in [0.1, 0.15) is 27.6 Å². The number of carboxylic acid groups (broad SMARTS) is 1. The first-order valence-electron chi connectivity index (χ1n) is 6.62. The summed E-state index contributed by atoms with van der Waals surface area (Å²) in [6.45, 7) is 1.37. The van der Waals surface area contributed by atoms with Crippen molar-refractivity contribution >= 4 is 29.2 Å². The summed E-state index contributed by atoms with van der Waals surface area (Å²) >= 11 is 0. The summed E-state index contributed by atoms with van der Waals surface area (Å²) in [6.07, 6.45) is 0. The lowest BCUT2D eigenvalue weighted by Gasteiger charge is -2.09. The molecule has 7 nitrogen and oxygen atoms in total. The molecular weight excluding hydrogens is 300 g/mol. The van der Waals surface area contributed by atoms with Crippen LogP contribution in [0.2, 0.25) is 0 Å². The molecule has 4 N–H and O–H groups in total. The van der Waals surface area contributed by atoms with Crippen LogP contribution in [-0.2, 0) is 4.79 Å². The van der Waals surface area contributed by atoms with Crippen molar-refractivity contribution < 1.29 is 24.6 Å². The van der Waals surface area contributed by atoms with Crippen LogP contribution < -0.4 is 10.6 Å². The zero-order chi connectivity index (χ0) is 17.0. The van der Waals surface area contributed by atoms with E-state index in [0.29, 0.717) is 11.3 Å². The van der Waals surface area contributed by atoms with Crippen molar-refractivity contribution in [2.24, 2.45) is 0 Å². The minimum Gasteiger partial charge on any atom is -0.508 e. The highest BCUT2D eigenvalue weighted by molar-refractivity contribution is 6.08. The van der Waals surface area contributed by atoms with Gasteiger partial charge in [0, 0.05) is 18.2 Å².